The number of hydrogen-bond donors (Lipinski definition) is 0. The maximum absolute atomic E-state index is 13.6. The first-order valence-electron chi connectivity index (χ1n) is 10.9. The lowest BCUT2D eigenvalue weighted by atomic mass is 9.81. The molecule has 0 aliphatic carbocycles. The van der Waals surface area contributed by atoms with Crippen LogP contribution in [0, 0.1) is 5.92 Å². The maximum atomic E-state index is 13.6. The zero-order valence-corrected chi connectivity index (χ0v) is 21.1. The Kier molecular flexibility index (Phi) is 5.08. The lowest BCUT2D eigenvalue weighted by molar-refractivity contribution is -0.158. The third kappa shape index (κ3) is 3.49. The fraction of sp³-hybridized carbons (Fsp3) is 0.192. The van der Waals surface area contributed by atoms with Crippen LogP contribution in [0.1, 0.15) is 24.3 Å². The van der Waals surface area contributed by atoms with Crippen molar-refractivity contribution in [2.75, 3.05) is 7.11 Å². The monoisotopic (exact) mass is 550 g/mol. The molecule has 7 nitrogen and oxygen atoms in total. The molecule has 9 heteroatoms. The lowest BCUT2D eigenvalue weighted by Crippen LogP contribution is -2.58. The molecule has 3 atom stereocenters. The summed E-state index contributed by atoms with van der Waals surface area (Å²) in [4.78, 5) is 31.7. The van der Waals surface area contributed by atoms with E-state index in [2.05, 4.69) is 15.9 Å². The molecule has 0 saturated heterocycles. The number of thiazole rings is 1. The molecular formula is C26H19BrN2O5S. The van der Waals surface area contributed by atoms with Gasteiger partial charge in [-0.2, -0.15) is 0 Å². The number of esters is 1. The summed E-state index contributed by atoms with van der Waals surface area (Å²) in [7, 11) is 1.33. The van der Waals surface area contributed by atoms with Gasteiger partial charge in [0.05, 0.1) is 17.7 Å². The van der Waals surface area contributed by atoms with E-state index in [1.54, 1.807) is 17.6 Å². The van der Waals surface area contributed by atoms with Gasteiger partial charge in [0.25, 0.3) is 5.56 Å². The molecule has 0 amide bonds. The van der Waals surface area contributed by atoms with Gasteiger partial charge in [-0.25, -0.2) is 4.99 Å². The van der Waals surface area contributed by atoms with Crippen molar-refractivity contribution < 1.29 is 18.7 Å². The number of hydrogen-bond acceptors (Lipinski definition) is 7. The minimum absolute atomic E-state index is 0.243. The van der Waals surface area contributed by atoms with E-state index in [-0.39, 0.29) is 5.56 Å². The molecule has 0 radical (unpaired) electrons. The van der Waals surface area contributed by atoms with E-state index in [0.717, 1.165) is 15.6 Å². The summed E-state index contributed by atoms with van der Waals surface area (Å²) in [6, 6.07) is 18.3. The molecule has 35 heavy (non-hydrogen) atoms. The minimum Gasteiger partial charge on any atom is -0.469 e. The Morgan fingerprint density at radius 2 is 1.94 bits per heavy atom. The first kappa shape index (κ1) is 22.1. The second-order valence-corrected chi connectivity index (χ2v) is 10.5. The van der Waals surface area contributed by atoms with Crippen molar-refractivity contribution in [1.82, 2.24) is 4.57 Å². The van der Waals surface area contributed by atoms with E-state index in [1.165, 1.54) is 18.4 Å². The standard InChI is InChI=1S/C26H19BrN2O5S/c1-26-21(24(31)32-2)22(17-5-3-4-6-19(17)34-26)29-23(30)20(35-25(29)28-26)13-16-11-12-18(33-16)14-7-9-15(27)10-8-14/h3-13,21-22H,1-2H3/b20-13+/t21-,22+,26-/m0/s1. The zero-order chi connectivity index (χ0) is 24.3. The van der Waals surface area contributed by atoms with Crippen LogP contribution in [0.2, 0.25) is 0 Å². The number of furan rings is 1. The largest absolute Gasteiger partial charge is 0.469 e. The van der Waals surface area contributed by atoms with Gasteiger partial charge in [0.15, 0.2) is 4.80 Å². The second-order valence-electron chi connectivity index (χ2n) is 8.53. The lowest BCUT2D eigenvalue weighted by Gasteiger charge is -2.44. The Balaban J connectivity index is 1.51. The molecule has 4 aromatic rings. The van der Waals surface area contributed by atoms with Gasteiger partial charge in [-0.05, 0) is 37.3 Å². The number of fused-ring (bicyclic) bond motifs is 6. The highest BCUT2D eigenvalue weighted by Crippen LogP contribution is 2.47. The van der Waals surface area contributed by atoms with Gasteiger partial charge < -0.3 is 13.9 Å². The number of nitrogens with zero attached hydrogens (tertiary/aromatic N) is 2. The molecule has 2 aliphatic heterocycles. The Morgan fingerprint density at radius 1 is 1.17 bits per heavy atom. The van der Waals surface area contributed by atoms with Crippen LogP contribution >= 0.6 is 27.3 Å². The highest BCUT2D eigenvalue weighted by molar-refractivity contribution is 9.10. The summed E-state index contributed by atoms with van der Waals surface area (Å²) in [5, 5.41) is 0. The number of ether oxygens (including phenoxy) is 2. The Morgan fingerprint density at radius 3 is 2.71 bits per heavy atom. The molecule has 6 rings (SSSR count). The fourth-order valence-corrected chi connectivity index (χ4v) is 6.10. The molecular weight excluding hydrogens is 532 g/mol. The Hall–Kier alpha value is -3.43. The van der Waals surface area contributed by atoms with Gasteiger partial charge in [-0.15, -0.1) is 0 Å². The van der Waals surface area contributed by atoms with Crippen molar-refractivity contribution in [2.45, 2.75) is 18.7 Å². The number of rotatable bonds is 3. The van der Waals surface area contributed by atoms with Gasteiger partial charge >= 0.3 is 5.97 Å². The number of aromatic nitrogens is 1. The molecule has 2 bridgehead atoms. The van der Waals surface area contributed by atoms with Crippen molar-refractivity contribution in [3.8, 4) is 17.1 Å². The van der Waals surface area contributed by atoms with Crippen LogP contribution in [0.5, 0.6) is 5.75 Å². The van der Waals surface area contributed by atoms with Crippen LogP contribution in [0.15, 0.2) is 79.3 Å². The summed E-state index contributed by atoms with van der Waals surface area (Å²) >= 11 is 4.68. The van der Waals surface area contributed by atoms with E-state index in [1.807, 2.05) is 60.7 Å². The van der Waals surface area contributed by atoms with Crippen LogP contribution in [0.4, 0.5) is 0 Å². The molecule has 0 fully saturated rings. The average molecular weight is 551 g/mol. The number of halogens is 1. The van der Waals surface area contributed by atoms with Crippen LogP contribution in [-0.4, -0.2) is 23.4 Å². The number of para-hydroxylation sites is 1. The topological polar surface area (TPSA) is 83.0 Å². The molecule has 2 aromatic carbocycles. The van der Waals surface area contributed by atoms with Crippen LogP contribution in [0.25, 0.3) is 17.4 Å². The van der Waals surface area contributed by atoms with Crippen molar-refractivity contribution in [1.29, 1.82) is 0 Å². The van der Waals surface area contributed by atoms with Crippen molar-refractivity contribution in [2.24, 2.45) is 10.9 Å². The van der Waals surface area contributed by atoms with E-state index < -0.39 is 23.7 Å². The first-order valence-corrected chi connectivity index (χ1v) is 12.5. The van der Waals surface area contributed by atoms with E-state index >= 15 is 0 Å². The number of carbonyl (C=O) groups excluding carboxylic acids is 1. The second kappa shape index (κ2) is 8.07. The molecule has 4 heterocycles. The molecule has 0 saturated carbocycles. The fourth-order valence-electron chi connectivity index (χ4n) is 4.76. The summed E-state index contributed by atoms with van der Waals surface area (Å²) in [5.74, 6) is 0.571. The van der Waals surface area contributed by atoms with Gasteiger partial charge in [0.2, 0.25) is 5.72 Å². The van der Waals surface area contributed by atoms with E-state index in [9.17, 15) is 9.59 Å². The van der Waals surface area contributed by atoms with Crippen LogP contribution in [-0.2, 0) is 9.53 Å². The van der Waals surface area contributed by atoms with Crippen molar-refractivity contribution >= 4 is 39.3 Å². The minimum atomic E-state index is -1.19. The number of benzene rings is 2. The first-order chi connectivity index (χ1) is 16.9. The van der Waals surface area contributed by atoms with E-state index in [4.69, 9.17) is 18.9 Å². The number of carbonyl (C=O) groups is 1. The highest BCUT2D eigenvalue weighted by atomic mass is 79.9. The van der Waals surface area contributed by atoms with Gasteiger partial charge in [-0.3, -0.25) is 14.2 Å². The van der Waals surface area contributed by atoms with Gasteiger partial charge in [-0.1, -0.05) is 57.6 Å². The Bertz CT molecular complexity index is 1650. The zero-order valence-electron chi connectivity index (χ0n) is 18.7. The molecule has 176 valence electrons. The third-order valence-corrected chi connectivity index (χ3v) is 7.88. The average Bonchev–Trinajstić information content (AvgIpc) is 3.42. The quantitative estimate of drug-likeness (QED) is 0.361. The normalized spacial score (nSPS) is 22.5. The van der Waals surface area contributed by atoms with Crippen molar-refractivity contribution in [3.63, 3.8) is 0 Å². The summed E-state index contributed by atoms with van der Waals surface area (Å²) in [6.07, 6.45) is 1.71. The summed E-state index contributed by atoms with van der Waals surface area (Å²) in [5.41, 5.74) is 0.244. The van der Waals surface area contributed by atoms with E-state index in [0.29, 0.717) is 26.6 Å². The summed E-state index contributed by atoms with van der Waals surface area (Å²) in [6.45, 7) is 1.76. The molecule has 0 unspecified atom stereocenters. The smallest absolute Gasteiger partial charge is 0.317 e. The number of methoxy groups -OCH3 is 1. The predicted molar refractivity (Wildman–Crippen MR) is 134 cm³/mol. The van der Waals surface area contributed by atoms with Crippen LogP contribution in [0.3, 0.4) is 0 Å². The highest BCUT2D eigenvalue weighted by Gasteiger charge is 2.55. The third-order valence-electron chi connectivity index (χ3n) is 6.36. The molecule has 0 N–H and O–H groups in total. The maximum Gasteiger partial charge on any atom is 0.317 e. The molecule has 2 aliphatic rings. The predicted octanol–water partition coefficient (Wildman–Crippen LogP) is 3.88. The van der Waals surface area contributed by atoms with Gasteiger partial charge in [0.1, 0.15) is 23.2 Å². The SMILES string of the molecule is COC(=O)[C@@H]1[C@H]2c3ccccc3O[C@]1(C)N=c1s/c(=C/c3ccc(-c4ccc(Br)cc4)o3)c(=O)n12. The van der Waals surface area contributed by atoms with Crippen molar-refractivity contribution in [3.05, 3.63) is 96.1 Å². The Labute approximate surface area is 212 Å². The summed E-state index contributed by atoms with van der Waals surface area (Å²) < 4.78 is 20.3. The van der Waals surface area contributed by atoms with Crippen LogP contribution < -0.4 is 19.6 Å². The molecule has 0 spiro atoms. The van der Waals surface area contributed by atoms with Gasteiger partial charge in [0, 0.05) is 21.7 Å². The molecule has 2 aromatic heterocycles.